The lowest BCUT2D eigenvalue weighted by molar-refractivity contribution is 0.0695. The average Bonchev–Trinajstić information content (AvgIpc) is 2.56. The van der Waals surface area contributed by atoms with Crippen LogP contribution in [0.3, 0.4) is 0 Å². The van der Waals surface area contributed by atoms with Crippen LogP contribution in [0, 0.1) is 0 Å². The quantitative estimate of drug-likeness (QED) is 0.821. The summed E-state index contributed by atoms with van der Waals surface area (Å²) in [6.45, 7) is 0.543. The molecule has 0 fully saturated rings. The van der Waals surface area contributed by atoms with Crippen LogP contribution in [-0.2, 0) is 6.54 Å². The molecule has 0 radical (unpaired) electrons. The van der Waals surface area contributed by atoms with Gasteiger partial charge in [0.2, 0.25) is 0 Å². The Kier molecular flexibility index (Phi) is 2.72. The third kappa shape index (κ3) is 1.84. The van der Waals surface area contributed by atoms with Gasteiger partial charge in [-0.3, -0.25) is 0 Å². The molecular weight excluding hydrogens is 246 g/mol. The van der Waals surface area contributed by atoms with Crippen molar-refractivity contribution in [3.8, 4) is 0 Å². The lowest BCUT2D eigenvalue weighted by Gasteiger charge is -2.08. The third-order valence-corrected chi connectivity index (χ3v) is 4.10. The molecule has 2 aromatic rings. The number of nitrogens with one attached hydrogen (secondary N) is 1. The lowest BCUT2D eigenvalue weighted by Crippen LogP contribution is -2.07. The Morgan fingerprint density at radius 3 is 2.72 bits per heavy atom. The van der Waals surface area contributed by atoms with Crippen molar-refractivity contribution in [2.75, 3.05) is 5.32 Å². The van der Waals surface area contributed by atoms with E-state index < -0.39 is 5.97 Å². The fraction of sp³-hybridized carbons (Fsp3) is 0.0714. The van der Waals surface area contributed by atoms with E-state index in [1.54, 1.807) is 23.9 Å². The predicted molar refractivity (Wildman–Crippen MR) is 71.3 cm³/mol. The highest BCUT2D eigenvalue weighted by atomic mass is 32.2. The first-order chi connectivity index (χ1) is 8.75. The number of benzene rings is 2. The molecule has 0 unspecified atom stereocenters. The maximum Gasteiger partial charge on any atom is 0.336 e. The molecule has 2 aromatic carbocycles. The van der Waals surface area contributed by atoms with Crippen molar-refractivity contribution in [1.82, 2.24) is 0 Å². The number of carbonyl (C=O) groups is 1. The van der Waals surface area contributed by atoms with Gasteiger partial charge in [-0.05, 0) is 29.8 Å². The van der Waals surface area contributed by atoms with Crippen molar-refractivity contribution in [1.29, 1.82) is 0 Å². The van der Waals surface area contributed by atoms with Crippen LogP contribution in [0.5, 0.6) is 0 Å². The number of anilines is 1. The smallest absolute Gasteiger partial charge is 0.336 e. The number of hydrogen-bond acceptors (Lipinski definition) is 3. The zero-order valence-corrected chi connectivity index (χ0v) is 10.3. The van der Waals surface area contributed by atoms with Crippen LogP contribution in [-0.4, -0.2) is 11.1 Å². The van der Waals surface area contributed by atoms with Crippen molar-refractivity contribution < 1.29 is 9.90 Å². The molecule has 0 saturated heterocycles. The second kappa shape index (κ2) is 4.38. The van der Waals surface area contributed by atoms with Crippen LogP contribution in [0.2, 0.25) is 0 Å². The minimum absolute atomic E-state index is 0.375. The third-order valence-electron chi connectivity index (χ3n) is 2.93. The molecule has 2 N–H and O–H groups in total. The fourth-order valence-corrected chi connectivity index (χ4v) is 3.13. The van der Waals surface area contributed by atoms with Crippen molar-refractivity contribution in [3.63, 3.8) is 0 Å². The molecule has 18 heavy (non-hydrogen) atoms. The first kappa shape index (κ1) is 11.2. The summed E-state index contributed by atoms with van der Waals surface area (Å²) in [6, 6.07) is 13.4. The summed E-state index contributed by atoms with van der Waals surface area (Å²) in [5.41, 5.74) is 2.28. The number of aromatic carboxylic acids is 1. The van der Waals surface area contributed by atoms with Gasteiger partial charge in [-0.1, -0.05) is 30.0 Å². The number of carboxylic acids is 1. The zero-order valence-electron chi connectivity index (χ0n) is 9.51. The van der Waals surface area contributed by atoms with E-state index in [-0.39, 0.29) is 0 Å². The first-order valence-corrected chi connectivity index (χ1v) is 6.43. The SMILES string of the molecule is O=C(O)c1cccc2c1CNc1ccccc1S2. The molecule has 0 amide bonds. The summed E-state index contributed by atoms with van der Waals surface area (Å²) >= 11 is 1.61. The summed E-state index contributed by atoms with van der Waals surface area (Å²) in [7, 11) is 0. The first-order valence-electron chi connectivity index (χ1n) is 5.61. The number of para-hydroxylation sites is 1. The Bertz CT molecular complexity index is 625. The largest absolute Gasteiger partial charge is 0.478 e. The second-order valence-corrected chi connectivity index (χ2v) is 5.12. The Morgan fingerprint density at radius 2 is 1.89 bits per heavy atom. The van der Waals surface area contributed by atoms with Gasteiger partial charge in [0.05, 0.1) is 5.56 Å². The monoisotopic (exact) mass is 257 g/mol. The van der Waals surface area contributed by atoms with Gasteiger partial charge in [-0.25, -0.2) is 4.79 Å². The van der Waals surface area contributed by atoms with Crippen molar-refractivity contribution in [2.45, 2.75) is 16.3 Å². The van der Waals surface area contributed by atoms with Gasteiger partial charge in [0.1, 0.15) is 0 Å². The normalized spacial score (nSPS) is 12.9. The fourth-order valence-electron chi connectivity index (χ4n) is 2.05. The number of rotatable bonds is 1. The van der Waals surface area contributed by atoms with E-state index in [4.69, 9.17) is 0 Å². The second-order valence-electron chi connectivity index (χ2n) is 4.04. The van der Waals surface area contributed by atoms with Crippen molar-refractivity contribution >= 4 is 23.4 Å². The highest BCUT2D eigenvalue weighted by molar-refractivity contribution is 7.99. The van der Waals surface area contributed by atoms with Crippen LogP contribution < -0.4 is 5.32 Å². The highest BCUT2D eigenvalue weighted by Crippen LogP contribution is 2.39. The molecule has 1 aliphatic heterocycles. The maximum atomic E-state index is 11.2. The van der Waals surface area contributed by atoms with Gasteiger partial charge in [0, 0.05) is 22.0 Å². The van der Waals surface area contributed by atoms with E-state index in [1.165, 1.54) is 0 Å². The number of fused-ring (bicyclic) bond motifs is 2. The van der Waals surface area contributed by atoms with Crippen LogP contribution >= 0.6 is 11.8 Å². The van der Waals surface area contributed by atoms with E-state index >= 15 is 0 Å². The van der Waals surface area contributed by atoms with Gasteiger partial charge >= 0.3 is 5.97 Å². The highest BCUT2D eigenvalue weighted by Gasteiger charge is 2.18. The van der Waals surface area contributed by atoms with Crippen LogP contribution in [0.25, 0.3) is 0 Å². The molecule has 3 nitrogen and oxygen atoms in total. The maximum absolute atomic E-state index is 11.2. The van der Waals surface area contributed by atoms with E-state index in [1.807, 2.05) is 30.3 Å². The Labute approximate surface area is 109 Å². The summed E-state index contributed by atoms with van der Waals surface area (Å²) < 4.78 is 0. The van der Waals surface area contributed by atoms with E-state index in [2.05, 4.69) is 5.32 Å². The van der Waals surface area contributed by atoms with Crippen molar-refractivity contribution in [3.05, 3.63) is 53.6 Å². The Morgan fingerprint density at radius 1 is 1.11 bits per heavy atom. The van der Waals surface area contributed by atoms with Crippen LogP contribution in [0.4, 0.5) is 5.69 Å². The van der Waals surface area contributed by atoms with E-state index in [0.29, 0.717) is 12.1 Å². The number of carboxylic acid groups (broad SMARTS) is 1. The minimum atomic E-state index is -0.875. The molecule has 0 atom stereocenters. The standard InChI is InChI=1S/C14H11NO2S/c16-14(17)9-4-3-7-12-10(9)8-15-11-5-1-2-6-13(11)18-12/h1-7,15H,8H2,(H,16,17). The Hall–Kier alpha value is -1.94. The van der Waals surface area contributed by atoms with Gasteiger partial charge < -0.3 is 10.4 Å². The van der Waals surface area contributed by atoms with Crippen LogP contribution in [0.1, 0.15) is 15.9 Å². The van der Waals surface area contributed by atoms with Gasteiger partial charge in [-0.2, -0.15) is 0 Å². The summed E-state index contributed by atoms with van der Waals surface area (Å²) in [5, 5.41) is 12.5. The molecule has 0 saturated carbocycles. The molecule has 90 valence electrons. The average molecular weight is 257 g/mol. The molecule has 0 aromatic heterocycles. The lowest BCUT2D eigenvalue weighted by atomic mass is 10.1. The summed E-state index contributed by atoms with van der Waals surface area (Å²) in [6.07, 6.45) is 0. The van der Waals surface area contributed by atoms with Crippen molar-refractivity contribution in [2.24, 2.45) is 0 Å². The molecular formula is C14H11NO2S. The van der Waals surface area contributed by atoms with Gasteiger partial charge in [0.15, 0.2) is 0 Å². The van der Waals surface area contributed by atoms with Gasteiger partial charge in [0.25, 0.3) is 0 Å². The molecule has 3 rings (SSSR count). The van der Waals surface area contributed by atoms with Crippen LogP contribution in [0.15, 0.2) is 52.3 Å². The van der Waals surface area contributed by atoms with Gasteiger partial charge in [-0.15, -0.1) is 0 Å². The molecule has 1 heterocycles. The number of hydrogen-bond donors (Lipinski definition) is 2. The summed E-state index contributed by atoms with van der Waals surface area (Å²) in [4.78, 5) is 13.4. The molecule has 4 heteroatoms. The van der Waals surface area contributed by atoms with E-state index in [0.717, 1.165) is 21.0 Å². The molecule has 0 spiro atoms. The molecule has 1 aliphatic rings. The zero-order chi connectivity index (χ0) is 12.5. The predicted octanol–water partition coefficient (Wildman–Crippen LogP) is 3.46. The summed E-state index contributed by atoms with van der Waals surface area (Å²) in [5.74, 6) is -0.875. The Balaban J connectivity index is 2.12. The minimum Gasteiger partial charge on any atom is -0.478 e. The topological polar surface area (TPSA) is 49.3 Å². The molecule has 0 bridgehead atoms. The van der Waals surface area contributed by atoms with E-state index in [9.17, 15) is 9.90 Å². The molecule has 0 aliphatic carbocycles.